The van der Waals surface area contributed by atoms with Gasteiger partial charge >= 0.3 is 6.03 Å². The summed E-state index contributed by atoms with van der Waals surface area (Å²) < 4.78 is 30.0. The third-order valence-corrected chi connectivity index (χ3v) is 7.62. The summed E-state index contributed by atoms with van der Waals surface area (Å²) in [5, 5.41) is 11.6. The third-order valence-electron chi connectivity index (χ3n) is 7.62. The fourth-order valence-corrected chi connectivity index (χ4v) is 5.34. The number of halogens is 2. The summed E-state index contributed by atoms with van der Waals surface area (Å²) in [7, 11) is 0. The van der Waals surface area contributed by atoms with Crippen LogP contribution in [0.2, 0.25) is 0 Å². The Morgan fingerprint density at radius 2 is 1.21 bits per heavy atom. The van der Waals surface area contributed by atoms with Gasteiger partial charge in [0.1, 0.15) is 17.5 Å². The van der Waals surface area contributed by atoms with Gasteiger partial charge in [0.15, 0.2) is 0 Å². The summed E-state index contributed by atoms with van der Waals surface area (Å²) >= 11 is 0. The van der Waals surface area contributed by atoms with E-state index in [4.69, 9.17) is 0 Å². The number of anilines is 4. The SMILES string of the molecule is O=C(Nc1ccc(-c2cccc(N3CCNCC3)c2)cc1F)Nc1ccc(-c2ccnc(N3CCNCC3)c2)cc1F. The molecule has 0 radical (unpaired) electrons. The van der Waals surface area contributed by atoms with Gasteiger partial charge in [-0.3, -0.25) is 0 Å². The Morgan fingerprint density at radius 1 is 0.667 bits per heavy atom. The molecule has 0 saturated carbocycles. The first-order valence-corrected chi connectivity index (χ1v) is 14.2. The first kappa shape index (κ1) is 27.6. The highest BCUT2D eigenvalue weighted by molar-refractivity contribution is 6.00. The number of benzene rings is 3. The van der Waals surface area contributed by atoms with Crippen molar-refractivity contribution in [2.45, 2.75) is 0 Å². The lowest BCUT2D eigenvalue weighted by molar-refractivity contribution is 0.262. The van der Waals surface area contributed by atoms with Crippen molar-refractivity contribution in [3.8, 4) is 22.3 Å². The second-order valence-corrected chi connectivity index (χ2v) is 10.4. The first-order chi connectivity index (χ1) is 20.5. The van der Waals surface area contributed by atoms with E-state index in [1.807, 2.05) is 30.3 Å². The predicted octanol–water partition coefficient (Wildman–Crippen LogP) is 5.16. The topological polar surface area (TPSA) is 84.6 Å². The molecule has 0 spiro atoms. The van der Waals surface area contributed by atoms with Crippen LogP contribution in [0.1, 0.15) is 0 Å². The van der Waals surface area contributed by atoms with Crippen molar-refractivity contribution < 1.29 is 13.6 Å². The van der Waals surface area contributed by atoms with Crippen LogP contribution < -0.4 is 31.1 Å². The Labute approximate surface area is 243 Å². The van der Waals surface area contributed by atoms with E-state index in [0.29, 0.717) is 11.1 Å². The number of piperazine rings is 2. The second kappa shape index (κ2) is 12.5. The minimum Gasteiger partial charge on any atom is -0.369 e. The summed E-state index contributed by atoms with van der Waals surface area (Å²) in [5.41, 5.74) is 4.17. The van der Waals surface area contributed by atoms with Crippen LogP contribution in [0.25, 0.3) is 22.3 Å². The van der Waals surface area contributed by atoms with E-state index < -0.39 is 17.7 Å². The standard InChI is InChI=1S/C32H33F2N7O/c33-27-19-23(22-2-1-3-26(18-22)40-14-10-35-11-15-40)4-6-29(27)38-32(42)39-30-7-5-24(20-28(30)34)25-8-9-37-31(21-25)41-16-12-36-13-17-41/h1-9,18-21,35-36H,10-17H2,(H2,38,39,42). The fraction of sp³-hybridized carbons (Fsp3) is 0.250. The lowest BCUT2D eigenvalue weighted by Crippen LogP contribution is -2.43. The molecule has 2 saturated heterocycles. The van der Waals surface area contributed by atoms with E-state index in [-0.39, 0.29) is 11.4 Å². The average molecular weight is 570 g/mol. The van der Waals surface area contributed by atoms with Crippen LogP contribution in [-0.2, 0) is 0 Å². The minimum atomic E-state index is -0.737. The van der Waals surface area contributed by atoms with Crippen LogP contribution in [0.4, 0.5) is 36.5 Å². The molecule has 0 bridgehead atoms. The molecule has 0 unspecified atom stereocenters. The van der Waals surface area contributed by atoms with Crippen LogP contribution in [0.5, 0.6) is 0 Å². The molecule has 4 aromatic rings. The molecular weight excluding hydrogens is 536 g/mol. The fourth-order valence-electron chi connectivity index (χ4n) is 5.34. The molecule has 4 N–H and O–H groups in total. The van der Waals surface area contributed by atoms with Gasteiger partial charge < -0.3 is 31.1 Å². The molecule has 1 aromatic heterocycles. The molecule has 2 amide bonds. The Kier molecular flexibility index (Phi) is 8.25. The van der Waals surface area contributed by atoms with Crippen LogP contribution in [0, 0.1) is 11.6 Å². The highest BCUT2D eigenvalue weighted by Crippen LogP contribution is 2.29. The third kappa shape index (κ3) is 6.35. The summed E-state index contributed by atoms with van der Waals surface area (Å²) in [4.78, 5) is 21.6. The highest BCUT2D eigenvalue weighted by Gasteiger charge is 2.16. The average Bonchev–Trinajstić information content (AvgIpc) is 3.04. The smallest absolute Gasteiger partial charge is 0.323 e. The number of rotatable bonds is 6. The highest BCUT2D eigenvalue weighted by atomic mass is 19.1. The molecule has 2 aliphatic heterocycles. The molecule has 3 heterocycles. The van der Waals surface area contributed by atoms with E-state index in [2.05, 4.69) is 42.1 Å². The molecule has 216 valence electrons. The van der Waals surface area contributed by atoms with Crippen LogP contribution in [-0.4, -0.2) is 63.4 Å². The first-order valence-electron chi connectivity index (χ1n) is 14.2. The van der Waals surface area contributed by atoms with Crippen molar-refractivity contribution >= 4 is 28.9 Å². The van der Waals surface area contributed by atoms with Gasteiger partial charge in [-0.2, -0.15) is 0 Å². The van der Waals surface area contributed by atoms with Crippen molar-refractivity contribution in [1.82, 2.24) is 15.6 Å². The summed E-state index contributed by atoms with van der Waals surface area (Å²) in [5.74, 6) is -0.330. The van der Waals surface area contributed by atoms with E-state index in [0.717, 1.165) is 75.0 Å². The van der Waals surface area contributed by atoms with E-state index in [1.165, 1.54) is 24.3 Å². The van der Waals surface area contributed by atoms with Gasteiger partial charge in [0.05, 0.1) is 11.4 Å². The number of carbonyl (C=O) groups is 1. The number of carbonyl (C=O) groups excluding carboxylic acids is 1. The molecule has 6 rings (SSSR count). The van der Waals surface area contributed by atoms with Gasteiger partial charge in [0, 0.05) is 64.2 Å². The largest absolute Gasteiger partial charge is 0.369 e. The molecule has 2 aliphatic rings. The Balaban J connectivity index is 1.11. The monoisotopic (exact) mass is 569 g/mol. The normalized spacial score (nSPS) is 15.4. The number of hydrogen-bond acceptors (Lipinski definition) is 6. The zero-order valence-corrected chi connectivity index (χ0v) is 23.2. The molecule has 10 heteroatoms. The van der Waals surface area contributed by atoms with Crippen molar-refractivity contribution in [1.29, 1.82) is 0 Å². The number of nitrogens with one attached hydrogen (secondary N) is 4. The maximum atomic E-state index is 15.0. The lowest BCUT2D eigenvalue weighted by Gasteiger charge is -2.29. The molecule has 0 aliphatic carbocycles. The van der Waals surface area contributed by atoms with E-state index in [9.17, 15) is 4.79 Å². The zero-order valence-electron chi connectivity index (χ0n) is 23.2. The maximum absolute atomic E-state index is 15.0. The van der Waals surface area contributed by atoms with Crippen molar-refractivity contribution in [2.75, 3.05) is 72.8 Å². The van der Waals surface area contributed by atoms with E-state index >= 15 is 8.78 Å². The number of nitrogens with zero attached hydrogens (tertiary/aromatic N) is 3. The van der Waals surface area contributed by atoms with Crippen LogP contribution in [0.3, 0.4) is 0 Å². The zero-order chi connectivity index (χ0) is 28.9. The van der Waals surface area contributed by atoms with Crippen LogP contribution >= 0.6 is 0 Å². The molecule has 0 atom stereocenters. The quantitative estimate of drug-likeness (QED) is 0.257. The summed E-state index contributed by atoms with van der Waals surface area (Å²) in [6.07, 6.45) is 1.72. The van der Waals surface area contributed by atoms with Gasteiger partial charge in [-0.15, -0.1) is 0 Å². The number of hydrogen-bond donors (Lipinski definition) is 4. The van der Waals surface area contributed by atoms with Gasteiger partial charge in [0.25, 0.3) is 0 Å². The minimum absolute atomic E-state index is 0.00349. The number of amides is 2. The molecule has 8 nitrogen and oxygen atoms in total. The van der Waals surface area contributed by atoms with Gasteiger partial charge in [-0.1, -0.05) is 24.3 Å². The van der Waals surface area contributed by atoms with Gasteiger partial charge in [-0.05, 0) is 70.8 Å². The van der Waals surface area contributed by atoms with Gasteiger partial charge in [0.2, 0.25) is 0 Å². The second-order valence-electron chi connectivity index (χ2n) is 10.4. The molecule has 42 heavy (non-hydrogen) atoms. The Bertz CT molecular complexity index is 1450. The molecular formula is C32H33F2N7O. The summed E-state index contributed by atoms with van der Waals surface area (Å²) in [6.45, 7) is 7.19. The molecule has 2 fully saturated rings. The lowest BCUT2D eigenvalue weighted by atomic mass is 10.0. The van der Waals surface area contributed by atoms with Crippen molar-refractivity contribution in [3.05, 3.63) is 90.6 Å². The Morgan fingerprint density at radius 3 is 1.81 bits per heavy atom. The number of pyridine rings is 1. The number of urea groups is 1. The predicted molar refractivity (Wildman–Crippen MR) is 164 cm³/mol. The summed E-state index contributed by atoms with van der Waals surface area (Å²) in [6, 6.07) is 20.3. The van der Waals surface area contributed by atoms with Crippen molar-refractivity contribution in [3.63, 3.8) is 0 Å². The van der Waals surface area contributed by atoms with Crippen LogP contribution in [0.15, 0.2) is 79.0 Å². The molecule has 3 aromatic carbocycles. The Hall–Kier alpha value is -4.54. The maximum Gasteiger partial charge on any atom is 0.323 e. The van der Waals surface area contributed by atoms with Crippen molar-refractivity contribution in [2.24, 2.45) is 0 Å². The van der Waals surface area contributed by atoms with E-state index in [1.54, 1.807) is 18.3 Å². The van der Waals surface area contributed by atoms with Gasteiger partial charge in [-0.25, -0.2) is 18.6 Å². The number of aromatic nitrogens is 1.